The molecule has 0 saturated heterocycles. The van der Waals surface area contributed by atoms with Crippen molar-refractivity contribution < 1.29 is 17.9 Å². The molecule has 0 aliphatic heterocycles. The summed E-state index contributed by atoms with van der Waals surface area (Å²) in [6, 6.07) is 12.3. The molecule has 0 spiro atoms. The molecule has 1 aliphatic rings. The molecule has 2 heterocycles. The number of sulfonamides is 1. The average Bonchev–Trinajstić information content (AvgIpc) is 3.42. The second kappa shape index (κ2) is 8.81. The number of carbonyl (C=O) groups is 1. The SMILES string of the molecule is CCCCn1c(COC(=O)c2c3c(nc4ccccc24)CCC3)nc2cc(S(N)(=O)=O)ccc21. The minimum Gasteiger partial charge on any atom is -0.454 e. The van der Waals surface area contributed by atoms with Crippen LogP contribution < -0.4 is 5.14 Å². The van der Waals surface area contributed by atoms with E-state index in [1.807, 2.05) is 28.8 Å². The lowest BCUT2D eigenvalue weighted by Crippen LogP contribution is -2.13. The highest BCUT2D eigenvalue weighted by molar-refractivity contribution is 7.89. The lowest BCUT2D eigenvalue weighted by Gasteiger charge is -2.13. The average molecular weight is 479 g/mol. The van der Waals surface area contributed by atoms with Crippen LogP contribution in [0.15, 0.2) is 47.4 Å². The molecular formula is C25H26N4O4S. The van der Waals surface area contributed by atoms with Crippen molar-refractivity contribution in [1.29, 1.82) is 0 Å². The summed E-state index contributed by atoms with van der Waals surface area (Å²) in [5.41, 5.74) is 4.61. The number of primary sulfonamides is 1. The molecule has 0 fully saturated rings. The van der Waals surface area contributed by atoms with Crippen molar-refractivity contribution >= 4 is 37.9 Å². The first-order valence-corrected chi connectivity index (χ1v) is 13.0. The maximum Gasteiger partial charge on any atom is 0.339 e. The molecule has 9 heteroatoms. The van der Waals surface area contributed by atoms with Crippen LogP contribution in [0, 0.1) is 0 Å². The van der Waals surface area contributed by atoms with E-state index in [-0.39, 0.29) is 11.5 Å². The number of rotatable bonds is 7. The van der Waals surface area contributed by atoms with Crippen molar-refractivity contribution in [2.45, 2.75) is 57.1 Å². The molecule has 0 radical (unpaired) electrons. The van der Waals surface area contributed by atoms with Crippen LogP contribution in [-0.4, -0.2) is 28.9 Å². The molecular weight excluding hydrogens is 452 g/mol. The van der Waals surface area contributed by atoms with Gasteiger partial charge in [-0.1, -0.05) is 31.5 Å². The maximum atomic E-state index is 13.3. The van der Waals surface area contributed by atoms with Crippen molar-refractivity contribution in [3.8, 4) is 0 Å². The summed E-state index contributed by atoms with van der Waals surface area (Å²) in [6.07, 6.45) is 4.52. The molecule has 0 bridgehead atoms. The zero-order valence-corrected chi connectivity index (χ0v) is 19.8. The van der Waals surface area contributed by atoms with Gasteiger partial charge in [0.15, 0.2) is 0 Å². The van der Waals surface area contributed by atoms with Gasteiger partial charge in [0, 0.05) is 17.6 Å². The van der Waals surface area contributed by atoms with Crippen molar-refractivity contribution in [2.75, 3.05) is 0 Å². The third kappa shape index (κ3) is 4.05. The van der Waals surface area contributed by atoms with Crippen LogP contribution in [0.25, 0.3) is 21.9 Å². The van der Waals surface area contributed by atoms with Gasteiger partial charge in [-0.2, -0.15) is 0 Å². The highest BCUT2D eigenvalue weighted by Gasteiger charge is 2.25. The van der Waals surface area contributed by atoms with E-state index in [1.165, 1.54) is 12.1 Å². The number of pyridine rings is 1. The van der Waals surface area contributed by atoms with Crippen LogP contribution in [0.1, 0.15) is 53.6 Å². The summed E-state index contributed by atoms with van der Waals surface area (Å²) in [5, 5.41) is 6.09. The molecule has 8 nitrogen and oxygen atoms in total. The molecule has 4 aromatic rings. The number of imidazole rings is 1. The number of nitrogens with zero attached hydrogens (tertiary/aromatic N) is 3. The smallest absolute Gasteiger partial charge is 0.339 e. The number of fused-ring (bicyclic) bond motifs is 3. The Hall–Kier alpha value is -3.30. The van der Waals surface area contributed by atoms with Crippen LogP contribution in [0.2, 0.25) is 0 Å². The molecule has 2 aromatic carbocycles. The van der Waals surface area contributed by atoms with Gasteiger partial charge in [-0.15, -0.1) is 0 Å². The first kappa shape index (κ1) is 22.5. The number of para-hydroxylation sites is 1. The topological polar surface area (TPSA) is 117 Å². The van der Waals surface area contributed by atoms with E-state index in [0.29, 0.717) is 23.4 Å². The normalized spacial score (nSPS) is 13.5. The van der Waals surface area contributed by atoms with Gasteiger partial charge in [0.05, 0.1) is 27.0 Å². The van der Waals surface area contributed by atoms with Gasteiger partial charge in [-0.25, -0.2) is 23.3 Å². The number of hydrogen-bond donors (Lipinski definition) is 1. The first-order chi connectivity index (χ1) is 16.4. The van der Waals surface area contributed by atoms with Gasteiger partial charge in [-0.05, 0) is 55.5 Å². The molecule has 5 rings (SSSR count). The quantitative estimate of drug-likeness (QED) is 0.403. The second-order valence-electron chi connectivity index (χ2n) is 8.59. The zero-order chi connectivity index (χ0) is 23.9. The van der Waals surface area contributed by atoms with Crippen LogP contribution >= 0.6 is 0 Å². The lowest BCUT2D eigenvalue weighted by molar-refractivity contribution is 0.0459. The Bertz CT molecular complexity index is 1530. The van der Waals surface area contributed by atoms with E-state index in [2.05, 4.69) is 11.9 Å². The Kier molecular flexibility index (Phi) is 5.83. The summed E-state index contributed by atoms with van der Waals surface area (Å²) in [7, 11) is -3.84. The van der Waals surface area contributed by atoms with E-state index >= 15 is 0 Å². The molecule has 2 aromatic heterocycles. The van der Waals surface area contributed by atoms with Crippen molar-refractivity contribution in [1.82, 2.24) is 14.5 Å². The van der Waals surface area contributed by atoms with Crippen molar-refractivity contribution in [3.05, 3.63) is 65.1 Å². The molecule has 0 amide bonds. The second-order valence-corrected chi connectivity index (χ2v) is 10.1. The number of carbonyl (C=O) groups excluding carboxylic acids is 1. The third-order valence-corrected chi connectivity index (χ3v) is 7.23. The Balaban J connectivity index is 1.50. The summed E-state index contributed by atoms with van der Waals surface area (Å²) >= 11 is 0. The number of unbranched alkanes of at least 4 members (excludes halogenated alkanes) is 1. The highest BCUT2D eigenvalue weighted by atomic mass is 32.2. The van der Waals surface area contributed by atoms with Crippen LogP contribution in [-0.2, 0) is 40.8 Å². The Labute approximate surface area is 197 Å². The fraction of sp³-hybridized carbons (Fsp3) is 0.320. The number of esters is 1. The number of aromatic nitrogens is 3. The Morgan fingerprint density at radius 3 is 2.74 bits per heavy atom. The summed E-state index contributed by atoms with van der Waals surface area (Å²) in [5.74, 6) is 0.175. The van der Waals surface area contributed by atoms with Gasteiger partial charge in [-0.3, -0.25) is 4.98 Å². The van der Waals surface area contributed by atoms with Gasteiger partial charge in [0.25, 0.3) is 0 Å². The third-order valence-electron chi connectivity index (χ3n) is 6.32. The van der Waals surface area contributed by atoms with E-state index < -0.39 is 16.0 Å². The largest absolute Gasteiger partial charge is 0.454 e. The predicted octanol–water partition coefficient (Wildman–Crippen LogP) is 3.88. The van der Waals surface area contributed by atoms with Gasteiger partial charge in [0.1, 0.15) is 12.4 Å². The van der Waals surface area contributed by atoms with Gasteiger partial charge >= 0.3 is 5.97 Å². The molecule has 1 aliphatic carbocycles. The zero-order valence-electron chi connectivity index (χ0n) is 19.0. The van der Waals surface area contributed by atoms with Crippen molar-refractivity contribution in [3.63, 3.8) is 0 Å². The number of hydrogen-bond acceptors (Lipinski definition) is 6. The Morgan fingerprint density at radius 1 is 1.12 bits per heavy atom. The van der Waals surface area contributed by atoms with E-state index in [4.69, 9.17) is 14.9 Å². The number of benzene rings is 2. The standard InChI is InChI=1S/C25H26N4O4S/c1-2-3-13-29-22-12-11-16(34(26,31)32)14-21(22)28-23(29)15-33-25(30)24-17-7-4-5-9-19(17)27-20-10-6-8-18(20)24/h4-5,7,9,11-12,14H,2-3,6,8,10,13,15H2,1H3,(H2,26,31,32). The lowest BCUT2D eigenvalue weighted by atomic mass is 10.0. The molecule has 0 saturated carbocycles. The van der Waals surface area contributed by atoms with Crippen LogP contribution in [0.4, 0.5) is 0 Å². The van der Waals surface area contributed by atoms with E-state index in [0.717, 1.165) is 59.8 Å². The molecule has 0 unspecified atom stereocenters. The molecule has 2 N–H and O–H groups in total. The molecule has 176 valence electrons. The summed E-state index contributed by atoms with van der Waals surface area (Å²) in [6.45, 7) is 2.75. The maximum absolute atomic E-state index is 13.3. The highest BCUT2D eigenvalue weighted by Crippen LogP contribution is 2.31. The van der Waals surface area contributed by atoms with E-state index in [9.17, 15) is 13.2 Å². The first-order valence-electron chi connectivity index (χ1n) is 11.5. The molecule has 0 atom stereocenters. The number of ether oxygens (including phenoxy) is 1. The van der Waals surface area contributed by atoms with Gasteiger partial charge < -0.3 is 9.30 Å². The van der Waals surface area contributed by atoms with Crippen LogP contribution in [0.3, 0.4) is 0 Å². The number of nitrogens with two attached hydrogens (primary N) is 1. The van der Waals surface area contributed by atoms with E-state index in [1.54, 1.807) is 6.07 Å². The van der Waals surface area contributed by atoms with Crippen molar-refractivity contribution in [2.24, 2.45) is 5.14 Å². The number of aryl methyl sites for hydroxylation is 2. The predicted molar refractivity (Wildman–Crippen MR) is 129 cm³/mol. The summed E-state index contributed by atoms with van der Waals surface area (Å²) in [4.78, 5) is 22.7. The molecule has 34 heavy (non-hydrogen) atoms. The monoisotopic (exact) mass is 478 g/mol. The van der Waals surface area contributed by atoms with Crippen LogP contribution in [0.5, 0.6) is 0 Å². The minimum absolute atomic E-state index is 0.00232. The fourth-order valence-corrected chi connectivity index (χ4v) is 5.19. The fourth-order valence-electron chi connectivity index (χ4n) is 4.66. The minimum atomic E-state index is -3.84. The summed E-state index contributed by atoms with van der Waals surface area (Å²) < 4.78 is 31.3. The Morgan fingerprint density at radius 2 is 1.94 bits per heavy atom. The van der Waals surface area contributed by atoms with Gasteiger partial charge in [0.2, 0.25) is 10.0 Å².